The zero-order valence-electron chi connectivity index (χ0n) is 10.4. The molecule has 2 rings (SSSR count). The molecule has 0 fully saturated rings. The number of rotatable bonds is 5. The van der Waals surface area contributed by atoms with Crippen molar-refractivity contribution in [3.8, 4) is 5.75 Å². The molecule has 3 N–H and O–H groups in total. The molecule has 0 aromatic heterocycles. The van der Waals surface area contributed by atoms with Gasteiger partial charge in [-0.3, -0.25) is 9.59 Å². The van der Waals surface area contributed by atoms with Crippen LogP contribution < -0.4 is 0 Å². The van der Waals surface area contributed by atoms with E-state index >= 15 is 0 Å². The lowest BCUT2D eigenvalue weighted by Gasteiger charge is -2.23. The van der Waals surface area contributed by atoms with E-state index in [9.17, 15) is 19.5 Å². The third kappa shape index (κ3) is 2.42. The van der Waals surface area contributed by atoms with Gasteiger partial charge in [0.1, 0.15) is 11.8 Å². The molecule has 1 heterocycles. The molecule has 1 atom stereocenters. The smallest absolute Gasteiger partial charge is 0.326 e. The van der Waals surface area contributed by atoms with Crippen molar-refractivity contribution in [2.75, 3.05) is 0 Å². The molecule has 7 nitrogen and oxygen atoms in total. The third-order valence-corrected chi connectivity index (χ3v) is 3.24. The van der Waals surface area contributed by atoms with Gasteiger partial charge in [0.2, 0.25) is 0 Å². The van der Waals surface area contributed by atoms with Crippen LogP contribution in [0.25, 0.3) is 0 Å². The normalized spacial score (nSPS) is 15.0. The van der Waals surface area contributed by atoms with E-state index in [1.165, 1.54) is 6.07 Å². The highest BCUT2D eigenvalue weighted by Gasteiger charge is 2.37. The van der Waals surface area contributed by atoms with E-state index in [1.54, 1.807) is 12.1 Å². The lowest BCUT2D eigenvalue weighted by Crippen LogP contribution is -2.41. The molecule has 1 aromatic carbocycles. The zero-order valence-corrected chi connectivity index (χ0v) is 10.4. The number of aromatic hydroxyl groups is 1. The van der Waals surface area contributed by atoms with Crippen molar-refractivity contribution in [3.63, 3.8) is 0 Å². The minimum atomic E-state index is -1.26. The quantitative estimate of drug-likeness (QED) is 0.729. The predicted molar refractivity (Wildman–Crippen MR) is 66.3 cm³/mol. The summed E-state index contributed by atoms with van der Waals surface area (Å²) in [6.07, 6.45) is -0.520. The largest absolute Gasteiger partial charge is 0.507 e. The first-order chi connectivity index (χ1) is 9.41. The SMILES string of the molecule is O=C(O)CC[C@@H](C(=O)O)N1Cc2cccc(O)c2C1=O. The summed E-state index contributed by atoms with van der Waals surface area (Å²) in [5, 5.41) is 27.5. The van der Waals surface area contributed by atoms with Crippen LogP contribution in [-0.2, 0) is 16.1 Å². The number of benzene rings is 1. The summed E-state index contributed by atoms with van der Waals surface area (Å²) < 4.78 is 0. The molecule has 1 aliphatic heterocycles. The van der Waals surface area contributed by atoms with Gasteiger partial charge in [0.25, 0.3) is 5.91 Å². The molecular formula is C13H13NO6. The average Bonchev–Trinajstić information content (AvgIpc) is 2.68. The highest BCUT2D eigenvalue weighted by molar-refractivity contribution is 6.02. The first kappa shape index (κ1) is 13.9. The number of hydrogen-bond acceptors (Lipinski definition) is 4. The maximum atomic E-state index is 12.2. The van der Waals surface area contributed by atoms with Crippen LogP contribution in [0.5, 0.6) is 5.75 Å². The van der Waals surface area contributed by atoms with Crippen molar-refractivity contribution in [3.05, 3.63) is 29.3 Å². The number of carbonyl (C=O) groups is 3. The molecule has 0 radical (unpaired) electrons. The molecule has 1 aromatic rings. The molecule has 20 heavy (non-hydrogen) atoms. The van der Waals surface area contributed by atoms with Crippen molar-refractivity contribution in [1.29, 1.82) is 0 Å². The second-order valence-corrected chi connectivity index (χ2v) is 4.53. The monoisotopic (exact) mass is 279 g/mol. The number of aliphatic carboxylic acids is 2. The molecule has 0 spiro atoms. The van der Waals surface area contributed by atoms with E-state index in [1.807, 2.05) is 0 Å². The highest BCUT2D eigenvalue weighted by Crippen LogP contribution is 2.32. The maximum Gasteiger partial charge on any atom is 0.326 e. The van der Waals surface area contributed by atoms with E-state index in [4.69, 9.17) is 10.2 Å². The van der Waals surface area contributed by atoms with Crippen molar-refractivity contribution >= 4 is 17.8 Å². The summed E-state index contributed by atoms with van der Waals surface area (Å²) in [4.78, 5) is 35.0. The summed E-state index contributed by atoms with van der Waals surface area (Å²) >= 11 is 0. The van der Waals surface area contributed by atoms with Gasteiger partial charge in [-0.15, -0.1) is 0 Å². The Morgan fingerprint density at radius 3 is 2.55 bits per heavy atom. The van der Waals surface area contributed by atoms with Gasteiger partial charge < -0.3 is 20.2 Å². The number of carboxylic acids is 2. The molecule has 0 saturated heterocycles. The molecule has 0 aliphatic carbocycles. The van der Waals surface area contributed by atoms with E-state index in [2.05, 4.69) is 0 Å². The van der Waals surface area contributed by atoms with E-state index in [0.717, 1.165) is 4.90 Å². The Hall–Kier alpha value is -2.57. The molecule has 1 amide bonds. The van der Waals surface area contributed by atoms with Crippen LogP contribution in [-0.4, -0.2) is 44.1 Å². The summed E-state index contributed by atoms with van der Waals surface area (Å²) in [5.74, 6) is -3.16. The number of hydrogen-bond donors (Lipinski definition) is 3. The number of phenolic OH excluding ortho intramolecular Hbond substituents is 1. The molecule has 7 heteroatoms. The van der Waals surface area contributed by atoms with Crippen LogP contribution in [0.1, 0.15) is 28.8 Å². The van der Waals surface area contributed by atoms with Crippen molar-refractivity contribution in [2.45, 2.75) is 25.4 Å². The standard InChI is InChI=1S/C13H13NO6/c15-9-3-1-2-7-6-14(12(18)11(7)9)8(13(19)20)4-5-10(16)17/h1-3,8,15H,4-6H2,(H,16,17)(H,19,20)/t8-/m0/s1. The Balaban J connectivity index is 2.25. The number of nitrogens with zero attached hydrogens (tertiary/aromatic N) is 1. The second-order valence-electron chi connectivity index (χ2n) is 4.53. The van der Waals surface area contributed by atoms with Gasteiger partial charge >= 0.3 is 11.9 Å². The third-order valence-electron chi connectivity index (χ3n) is 3.24. The summed E-state index contributed by atoms with van der Waals surface area (Å²) in [7, 11) is 0. The van der Waals surface area contributed by atoms with Gasteiger partial charge in [0.05, 0.1) is 5.56 Å². The van der Waals surface area contributed by atoms with E-state index in [0.29, 0.717) is 5.56 Å². The van der Waals surface area contributed by atoms with Crippen LogP contribution >= 0.6 is 0 Å². The molecule has 1 aliphatic rings. The van der Waals surface area contributed by atoms with Crippen LogP contribution in [0.4, 0.5) is 0 Å². The number of carboxylic acid groups (broad SMARTS) is 2. The molecule has 106 valence electrons. The first-order valence-electron chi connectivity index (χ1n) is 5.98. The molecule has 0 saturated carbocycles. The molecule has 0 unspecified atom stereocenters. The fourth-order valence-electron chi connectivity index (χ4n) is 2.29. The fraction of sp³-hybridized carbons (Fsp3) is 0.308. The average molecular weight is 279 g/mol. The number of phenols is 1. The van der Waals surface area contributed by atoms with Crippen LogP contribution in [0.2, 0.25) is 0 Å². The zero-order chi connectivity index (χ0) is 14.9. The van der Waals surface area contributed by atoms with Crippen molar-refractivity contribution < 1.29 is 29.7 Å². The topological polar surface area (TPSA) is 115 Å². The number of fused-ring (bicyclic) bond motifs is 1. The minimum absolute atomic E-state index is 0.0547. The Kier molecular flexibility index (Phi) is 3.60. The molecular weight excluding hydrogens is 266 g/mol. The summed E-state index contributed by atoms with van der Waals surface area (Å²) in [6, 6.07) is 3.33. The van der Waals surface area contributed by atoms with Crippen molar-refractivity contribution in [1.82, 2.24) is 4.90 Å². The maximum absolute atomic E-state index is 12.2. The van der Waals surface area contributed by atoms with Crippen LogP contribution in [0, 0.1) is 0 Å². The van der Waals surface area contributed by atoms with Gasteiger partial charge in [-0.1, -0.05) is 12.1 Å². The second kappa shape index (κ2) is 5.20. The van der Waals surface area contributed by atoms with E-state index < -0.39 is 23.9 Å². The highest BCUT2D eigenvalue weighted by atomic mass is 16.4. The van der Waals surface area contributed by atoms with Gasteiger partial charge in [-0.2, -0.15) is 0 Å². The summed E-state index contributed by atoms with van der Waals surface area (Å²) in [6.45, 7) is 0.0547. The summed E-state index contributed by atoms with van der Waals surface area (Å²) in [5.41, 5.74) is 0.630. The molecule has 0 bridgehead atoms. The lowest BCUT2D eigenvalue weighted by molar-refractivity contribution is -0.143. The number of carbonyl (C=O) groups excluding carboxylic acids is 1. The first-order valence-corrected chi connectivity index (χ1v) is 5.98. The Morgan fingerprint density at radius 2 is 2.00 bits per heavy atom. The van der Waals surface area contributed by atoms with E-state index in [-0.39, 0.29) is 30.7 Å². The predicted octanol–water partition coefficient (Wildman–Crippen LogP) is 0.666. The Labute approximate surface area is 114 Å². The van der Waals surface area contributed by atoms with Gasteiger partial charge in [0.15, 0.2) is 0 Å². The minimum Gasteiger partial charge on any atom is -0.507 e. The van der Waals surface area contributed by atoms with Crippen LogP contribution in [0.15, 0.2) is 18.2 Å². The van der Waals surface area contributed by atoms with Crippen LogP contribution in [0.3, 0.4) is 0 Å². The van der Waals surface area contributed by atoms with Crippen molar-refractivity contribution in [2.24, 2.45) is 0 Å². The Morgan fingerprint density at radius 1 is 1.30 bits per heavy atom. The van der Waals surface area contributed by atoms with Gasteiger partial charge in [-0.25, -0.2) is 4.79 Å². The number of amides is 1. The van der Waals surface area contributed by atoms with Gasteiger partial charge in [0, 0.05) is 13.0 Å². The lowest BCUT2D eigenvalue weighted by atomic mass is 10.1. The van der Waals surface area contributed by atoms with Gasteiger partial charge in [-0.05, 0) is 18.1 Å². The fourth-order valence-corrected chi connectivity index (χ4v) is 2.29. The Bertz CT molecular complexity index is 582.